The number of H-pyrrole nitrogens is 4. The van der Waals surface area contributed by atoms with Crippen molar-refractivity contribution in [1.29, 1.82) is 0 Å². The number of piperidine rings is 2. The summed E-state index contributed by atoms with van der Waals surface area (Å²) in [5.41, 5.74) is 23.0. The first-order valence-corrected chi connectivity index (χ1v) is 47.4. The fourth-order valence-corrected chi connectivity index (χ4v) is 18.6. The molecule has 706 valence electrons. The Kier molecular flexibility index (Phi) is 28.1. The molecule has 2 aliphatic carbocycles. The number of pyridine rings is 8. The Hall–Kier alpha value is -16.0. The van der Waals surface area contributed by atoms with Crippen LogP contribution in [0.25, 0.3) is 88.1 Å². The third kappa shape index (κ3) is 22.7. The molecule has 33 nitrogen and oxygen atoms in total. The van der Waals surface area contributed by atoms with Crippen molar-refractivity contribution < 1.29 is 37.5 Å². The number of carbonyl (C=O) groups is 6. The van der Waals surface area contributed by atoms with Crippen LogP contribution in [0, 0.1) is 0 Å². The van der Waals surface area contributed by atoms with Crippen LogP contribution in [-0.2, 0) is 13.1 Å². The lowest BCUT2D eigenvalue weighted by molar-refractivity contribution is 0.0114. The Balaban J connectivity index is 0.000000119. The van der Waals surface area contributed by atoms with Crippen molar-refractivity contribution >= 4 is 119 Å². The number of nitrogens with two attached hydrogens (primary N) is 1. The molecule has 4 aromatic carbocycles. The summed E-state index contributed by atoms with van der Waals surface area (Å²) in [4.78, 5) is 120. The highest BCUT2D eigenvalue weighted by molar-refractivity contribution is 6.15. The number of halogens is 2. The fraction of sp³-hybridized carbons (Fsp3) is 0.288. The van der Waals surface area contributed by atoms with Gasteiger partial charge < -0.3 is 47.4 Å². The second kappa shape index (κ2) is 42.5. The van der Waals surface area contributed by atoms with E-state index in [0.29, 0.717) is 75.1 Å². The Morgan fingerprint density at radius 2 is 0.712 bits per heavy atom. The molecule has 16 heterocycles. The molecule has 0 atom stereocenters. The number of hydrogen-bond acceptors (Lipinski definition) is 23. The van der Waals surface area contributed by atoms with Gasteiger partial charge in [0.05, 0.1) is 81.8 Å². The SMILES string of the molecule is Nc1cncc(-c2ccc3[nH]nc(C(=O)Nc4ccc(N5CCCCC5)nc4)c3c2)c1.O=C(NC1CCCC1)c1ccc(NC(=O)c2n[nH]c3ccc(-c4cccnc4)cc23)cn1.O=C(NC1CCCC1)c1ccc(NC(=O)c2n[nH]c3ccc(-c4cncc(CN5CCCCC5)c4)cc23)cn1.O=C(Nc1ccc(N2CCCC2)nc1)c1n[nH]c2ccc(-c3cncc(CN4CCC(F)(F)C4)c3)cc12. The molecule has 35 heteroatoms. The third-order valence-electron chi connectivity index (χ3n) is 26.0. The van der Waals surface area contributed by atoms with Gasteiger partial charge in [-0.2, -0.15) is 20.4 Å². The van der Waals surface area contributed by atoms with Gasteiger partial charge >= 0.3 is 0 Å². The number of rotatable bonds is 22. The zero-order valence-electron chi connectivity index (χ0n) is 76.5. The third-order valence-corrected chi connectivity index (χ3v) is 26.0. The van der Waals surface area contributed by atoms with Gasteiger partial charge in [0, 0.05) is 158 Å². The lowest BCUT2D eigenvalue weighted by atomic mass is 10.0. The van der Waals surface area contributed by atoms with Gasteiger partial charge in [-0.15, -0.1) is 0 Å². The van der Waals surface area contributed by atoms with E-state index >= 15 is 0 Å². The topological polar surface area (TPSA) is 431 Å². The van der Waals surface area contributed by atoms with Crippen molar-refractivity contribution in [2.45, 2.75) is 140 Å². The number of nitrogens with one attached hydrogen (secondary N) is 10. The van der Waals surface area contributed by atoms with Crippen LogP contribution >= 0.6 is 0 Å². The monoisotopic (exact) mass is 1870 g/mol. The van der Waals surface area contributed by atoms with Gasteiger partial charge in [0.2, 0.25) is 0 Å². The maximum absolute atomic E-state index is 13.6. The molecule has 12 N–H and O–H groups in total. The minimum atomic E-state index is -2.62. The molecule has 0 bridgehead atoms. The summed E-state index contributed by atoms with van der Waals surface area (Å²) in [6, 6.07) is 47.6. The van der Waals surface area contributed by atoms with Crippen LogP contribution in [0.1, 0.15) is 183 Å². The first-order valence-electron chi connectivity index (χ1n) is 47.4. The highest BCUT2D eigenvalue weighted by Crippen LogP contribution is 2.35. The molecule has 4 saturated heterocycles. The maximum Gasteiger partial charge on any atom is 0.276 e. The standard InChI is InChI=1S/C30H33N7O2.C27H27F2N7O.C24H22N6O2.C23H23N7O/c38-29(33-23-6-2-3-7-23)27-11-9-24(18-32-27)34-30(39)28-25-15-21(8-10-26(25)35-36-28)22-14-20(16-31-17-22)19-37-12-4-1-5-13-37;28-27(29)7-10-35(17-27)16-18-11-20(14-30-13-18)19-3-5-23-22(12-19)25(34-33-23)26(37)32-21-4-6-24(31-15-21)36-8-1-2-9-36;31-23(27-17-5-1-2-6-17)21-10-8-18(14-26-21)28-24(32)22-19-12-15(7-9-20(19)29-30-22)16-4-3-11-25-13-16;24-17-10-16(12-25-13-17)15-4-6-20-19(11-15)22(29-28-20)23(31)27-18-5-7-21(26-14-18)30-8-2-1-3-9-30/h8-11,14-18,23H,1-7,12-13,19H2,(H,33,38)(H,34,39)(H,35,36);3-6,11-15H,1-2,7-10,16-17H2,(H,32,37)(H,33,34);3-4,7-14,17H,1-2,5-6H2,(H,27,31)(H,28,32)(H,29,30);4-7,10-14H,1-3,8-9,24H2,(H,27,31)(H,28,29). The van der Waals surface area contributed by atoms with Crippen LogP contribution in [0.4, 0.5) is 48.9 Å². The number of aromatic amines is 4. The van der Waals surface area contributed by atoms with Gasteiger partial charge in [-0.3, -0.25) is 78.9 Å². The van der Waals surface area contributed by atoms with Crippen LogP contribution in [0.5, 0.6) is 0 Å². The van der Waals surface area contributed by atoms with E-state index in [1.807, 2.05) is 134 Å². The zero-order chi connectivity index (χ0) is 95.1. The van der Waals surface area contributed by atoms with Crippen LogP contribution < -0.4 is 47.4 Å². The number of nitrogen functional groups attached to an aromatic ring is 1. The van der Waals surface area contributed by atoms with Gasteiger partial charge in [0.15, 0.2) is 22.8 Å². The van der Waals surface area contributed by atoms with Gasteiger partial charge in [0.1, 0.15) is 23.0 Å². The number of amides is 6. The molecule has 6 aliphatic rings. The minimum absolute atomic E-state index is 0.110. The molecule has 22 rings (SSSR count). The predicted octanol–water partition coefficient (Wildman–Crippen LogP) is 17.4. The molecular weight excluding hydrogens is 1760 g/mol. The average Bonchev–Trinajstić information content (AvgIpc) is 1.68. The smallest absolute Gasteiger partial charge is 0.276 e. The van der Waals surface area contributed by atoms with Gasteiger partial charge in [-0.05, 0) is 238 Å². The second-order valence-corrected chi connectivity index (χ2v) is 36.0. The average molecular weight is 1870 g/mol. The van der Waals surface area contributed by atoms with Crippen LogP contribution in [-0.4, -0.2) is 196 Å². The Labute approximate surface area is 798 Å². The second-order valence-electron chi connectivity index (χ2n) is 36.0. The summed E-state index contributed by atoms with van der Waals surface area (Å²) < 4.78 is 27.2. The molecule has 6 amide bonds. The summed E-state index contributed by atoms with van der Waals surface area (Å²) >= 11 is 0. The number of anilines is 7. The molecule has 0 spiro atoms. The molecule has 2 saturated carbocycles. The van der Waals surface area contributed by atoms with E-state index in [1.165, 1.54) is 69.3 Å². The molecule has 0 unspecified atom stereocenters. The summed E-state index contributed by atoms with van der Waals surface area (Å²) in [6.07, 6.45) is 38.8. The van der Waals surface area contributed by atoms with Crippen molar-refractivity contribution in [3.8, 4) is 44.5 Å². The number of hydrogen-bond donors (Lipinski definition) is 11. The molecule has 12 aromatic heterocycles. The van der Waals surface area contributed by atoms with E-state index in [-0.39, 0.29) is 71.9 Å². The first kappa shape index (κ1) is 92.0. The minimum Gasteiger partial charge on any atom is -0.397 e. The summed E-state index contributed by atoms with van der Waals surface area (Å²) in [6.45, 7) is 7.80. The molecule has 6 fully saturated rings. The lowest BCUT2D eigenvalue weighted by Gasteiger charge is -2.27. The van der Waals surface area contributed by atoms with Gasteiger partial charge in [0.25, 0.3) is 41.4 Å². The Bertz CT molecular complexity index is 7070. The summed E-state index contributed by atoms with van der Waals surface area (Å²) in [5, 5.41) is 49.0. The summed E-state index contributed by atoms with van der Waals surface area (Å²) in [5.74, 6) is -2.45. The van der Waals surface area contributed by atoms with Crippen LogP contribution in [0.3, 0.4) is 0 Å². The molecule has 0 radical (unpaired) electrons. The number of carbonyl (C=O) groups excluding carboxylic acids is 6. The Morgan fingerprint density at radius 3 is 1.08 bits per heavy atom. The molecule has 16 aromatic rings. The van der Waals surface area contributed by atoms with Crippen molar-refractivity contribution in [2.75, 3.05) is 89.2 Å². The van der Waals surface area contributed by atoms with Crippen LogP contribution in [0.15, 0.2) is 226 Å². The van der Waals surface area contributed by atoms with E-state index < -0.39 is 5.92 Å². The largest absolute Gasteiger partial charge is 0.397 e. The normalized spacial score (nSPS) is 15.6. The molecule has 139 heavy (non-hydrogen) atoms. The number of likely N-dealkylation sites (tertiary alicyclic amines) is 2. The first-order chi connectivity index (χ1) is 67.9. The van der Waals surface area contributed by atoms with E-state index in [1.54, 1.807) is 78.7 Å². The number of fused-ring (bicyclic) bond motifs is 4. The zero-order valence-corrected chi connectivity index (χ0v) is 76.5. The van der Waals surface area contributed by atoms with Crippen molar-refractivity contribution in [3.63, 3.8) is 0 Å². The van der Waals surface area contributed by atoms with Crippen molar-refractivity contribution in [3.05, 3.63) is 271 Å². The Morgan fingerprint density at radius 1 is 0.345 bits per heavy atom. The van der Waals surface area contributed by atoms with Crippen LogP contribution in [0.2, 0.25) is 0 Å². The highest BCUT2D eigenvalue weighted by Gasteiger charge is 2.38. The highest BCUT2D eigenvalue weighted by atomic mass is 19.3. The van der Waals surface area contributed by atoms with Gasteiger partial charge in [-0.25, -0.2) is 28.7 Å². The van der Waals surface area contributed by atoms with E-state index in [9.17, 15) is 37.5 Å². The fourth-order valence-electron chi connectivity index (χ4n) is 18.6. The summed E-state index contributed by atoms with van der Waals surface area (Å²) in [7, 11) is 0. The predicted molar refractivity (Wildman–Crippen MR) is 531 cm³/mol. The molecular formula is C104H105F2N27O6. The van der Waals surface area contributed by atoms with E-state index in [4.69, 9.17) is 5.73 Å². The number of nitrogens with zero attached hydrogens (tertiary/aromatic N) is 16. The number of alkyl halides is 2. The van der Waals surface area contributed by atoms with E-state index in [2.05, 4.69) is 133 Å². The van der Waals surface area contributed by atoms with Gasteiger partial charge in [-0.1, -0.05) is 62.4 Å². The quantitative estimate of drug-likeness (QED) is 0.0300. The van der Waals surface area contributed by atoms with E-state index in [0.717, 1.165) is 192 Å². The lowest BCUT2D eigenvalue weighted by Crippen LogP contribution is -2.33. The maximum atomic E-state index is 13.6. The molecule has 4 aliphatic heterocycles. The number of aromatic nitrogens is 16. The van der Waals surface area contributed by atoms with Crippen molar-refractivity contribution in [1.82, 2.24) is 101 Å². The van der Waals surface area contributed by atoms with Crippen molar-refractivity contribution in [2.24, 2.45) is 0 Å². The number of benzene rings is 4.